The number of nitrogens with one attached hydrogen (secondary N) is 1. The van der Waals surface area contributed by atoms with E-state index in [1.54, 1.807) is 0 Å². The van der Waals surface area contributed by atoms with Crippen LogP contribution in [0.1, 0.15) is 6.92 Å². The molecule has 0 saturated heterocycles. The van der Waals surface area contributed by atoms with E-state index in [0.29, 0.717) is 10.2 Å². The number of rotatable bonds is 6. The molecule has 1 unspecified atom stereocenters. The van der Waals surface area contributed by atoms with Crippen molar-refractivity contribution >= 4 is 26.0 Å². The maximum Gasteiger partial charge on any atom is 0.244 e. The van der Waals surface area contributed by atoms with Gasteiger partial charge in [0.25, 0.3) is 0 Å². The maximum atomic E-state index is 12.1. The Balaban J connectivity index is 3.24. The number of hydrogen-bond acceptors (Lipinski definition) is 5. The van der Waals surface area contributed by atoms with Gasteiger partial charge < -0.3 is 14.6 Å². The Morgan fingerprint density at radius 3 is 2.37 bits per heavy atom. The normalized spacial score (nSPS) is 13.1. The largest absolute Gasteiger partial charge is 0.496 e. The molecule has 8 heteroatoms. The van der Waals surface area contributed by atoms with Gasteiger partial charge in [-0.1, -0.05) is 0 Å². The molecule has 0 bridgehead atoms. The third-order valence-electron chi connectivity index (χ3n) is 2.30. The van der Waals surface area contributed by atoms with Crippen LogP contribution in [0.3, 0.4) is 0 Å². The van der Waals surface area contributed by atoms with Crippen molar-refractivity contribution in [2.75, 3.05) is 20.8 Å². The molecule has 0 aliphatic heterocycles. The van der Waals surface area contributed by atoms with Crippen molar-refractivity contribution in [2.24, 2.45) is 0 Å². The molecular weight excluding hydrogens is 338 g/mol. The second kappa shape index (κ2) is 6.56. The van der Waals surface area contributed by atoms with Gasteiger partial charge in [0, 0.05) is 12.6 Å². The summed E-state index contributed by atoms with van der Waals surface area (Å²) in [6, 6.07) is 2.86. The molecule has 0 aliphatic rings. The molecular formula is C11H16BrNO5S. The third kappa shape index (κ3) is 4.07. The highest BCUT2D eigenvalue weighted by Gasteiger charge is 2.22. The maximum absolute atomic E-state index is 12.1. The predicted molar refractivity (Wildman–Crippen MR) is 74.1 cm³/mol. The quantitative estimate of drug-likeness (QED) is 0.800. The molecule has 0 fully saturated rings. The molecule has 108 valence electrons. The number of sulfonamides is 1. The first-order chi connectivity index (χ1) is 8.81. The molecule has 0 saturated carbocycles. The molecule has 19 heavy (non-hydrogen) atoms. The molecule has 2 N–H and O–H groups in total. The second-order valence-electron chi connectivity index (χ2n) is 3.84. The Labute approximate surface area is 120 Å². The van der Waals surface area contributed by atoms with Gasteiger partial charge in [0.1, 0.15) is 16.4 Å². The van der Waals surface area contributed by atoms with E-state index in [9.17, 15) is 8.42 Å². The molecule has 0 aromatic heterocycles. The van der Waals surface area contributed by atoms with Gasteiger partial charge in [0.05, 0.1) is 24.8 Å². The van der Waals surface area contributed by atoms with Gasteiger partial charge in [-0.2, -0.15) is 0 Å². The van der Waals surface area contributed by atoms with Crippen LogP contribution in [0, 0.1) is 0 Å². The van der Waals surface area contributed by atoms with Crippen molar-refractivity contribution in [3.05, 3.63) is 16.6 Å². The van der Waals surface area contributed by atoms with Gasteiger partial charge in [0.15, 0.2) is 0 Å². The summed E-state index contributed by atoms with van der Waals surface area (Å²) >= 11 is 3.25. The van der Waals surface area contributed by atoms with E-state index in [4.69, 9.17) is 14.6 Å². The molecule has 0 amide bonds. The van der Waals surface area contributed by atoms with Crippen LogP contribution in [0.2, 0.25) is 0 Å². The first kappa shape index (κ1) is 16.2. The molecule has 1 rings (SSSR count). The van der Waals surface area contributed by atoms with Crippen molar-refractivity contribution in [3.63, 3.8) is 0 Å². The lowest BCUT2D eigenvalue weighted by molar-refractivity contribution is 0.198. The summed E-state index contributed by atoms with van der Waals surface area (Å²) in [5, 5.41) is 9.14. The van der Waals surface area contributed by atoms with E-state index >= 15 is 0 Å². The molecule has 1 aromatic carbocycles. The number of aliphatic hydroxyl groups is 1. The third-order valence-corrected chi connectivity index (χ3v) is 4.36. The Morgan fingerprint density at radius 2 is 1.89 bits per heavy atom. The van der Waals surface area contributed by atoms with Crippen LogP contribution < -0.4 is 14.2 Å². The fourth-order valence-electron chi connectivity index (χ4n) is 1.35. The number of benzene rings is 1. The van der Waals surface area contributed by atoms with Gasteiger partial charge >= 0.3 is 0 Å². The predicted octanol–water partition coefficient (Wildman–Crippen LogP) is 1.13. The van der Waals surface area contributed by atoms with Crippen molar-refractivity contribution in [3.8, 4) is 11.5 Å². The number of aliphatic hydroxyl groups excluding tert-OH is 1. The van der Waals surface area contributed by atoms with E-state index < -0.39 is 16.1 Å². The van der Waals surface area contributed by atoms with Gasteiger partial charge in [-0.25, -0.2) is 13.1 Å². The Kier molecular flexibility index (Phi) is 5.60. The van der Waals surface area contributed by atoms with Crippen molar-refractivity contribution < 1.29 is 23.0 Å². The van der Waals surface area contributed by atoms with Crippen molar-refractivity contribution in [1.29, 1.82) is 0 Å². The van der Waals surface area contributed by atoms with Crippen molar-refractivity contribution in [2.45, 2.75) is 17.9 Å². The van der Waals surface area contributed by atoms with Crippen LogP contribution >= 0.6 is 15.9 Å². The van der Waals surface area contributed by atoms with E-state index in [2.05, 4.69) is 20.7 Å². The van der Waals surface area contributed by atoms with Gasteiger partial charge in [-0.05, 0) is 28.9 Å². The lowest BCUT2D eigenvalue weighted by Gasteiger charge is -2.14. The summed E-state index contributed by atoms with van der Waals surface area (Å²) in [4.78, 5) is -0.0456. The molecule has 1 atom stereocenters. The van der Waals surface area contributed by atoms with Crippen LogP contribution in [0.5, 0.6) is 11.5 Å². The molecule has 0 spiro atoms. The number of hydrogen-bond donors (Lipinski definition) is 2. The van der Waals surface area contributed by atoms with E-state index in [1.165, 1.54) is 33.3 Å². The number of methoxy groups -OCH3 is 2. The highest BCUT2D eigenvalue weighted by Crippen LogP contribution is 2.35. The fraction of sp³-hybridized carbons (Fsp3) is 0.455. The summed E-state index contributed by atoms with van der Waals surface area (Å²) in [5.74, 6) is 0.559. The van der Waals surface area contributed by atoms with E-state index in [-0.39, 0.29) is 17.2 Å². The lowest BCUT2D eigenvalue weighted by atomic mass is 10.3. The summed E-state index contributed by atoms with van der Waals surface area (Å²) in [6.07, 6.45) is -0.780. The van der Waals surface area contributed by atoms with Gasteiger partial charge in [0.2, 0.25) is 10.0 Å². The standard InChI is InChI=1S/C11H16BrNO5S/c1-7(14)6-13-19(15,16)11-5-9(17-2)8(12)4-10(11)18-3/h4-5,7,13-14H,6H2,1-3H3. The van der Waals surface area contributed by atoms with Gasteiger partial charge in [-0.15, -0.1) is 0 Å². The minimum absolute atomic E-state index is 0.0456. The summed E-state index contributed by atoms with van der Waals surface area (Å²) in [6.45, 7) is 1.41. The lowest BCUT2D eigenvalue weighted by Crippen LogP contribution is -2.30. The summed E-state index contributed by atoms with van der Waals surface area (Å²) in [5.41, 5.74) is 0. The molecule has 1 aromatic rings. The average Bonchev–Trinajstić information content (AvgIpc) is 2.35. The average molecular weight is 354 g/mol. The smallest absolute Gasteiger partial charge is 0.244 e. The van der Waals surface area contributed by atoms with E-state index in [0.717, 1.165) is 0 Å². The highest BCUT2D eigenvalue weighted by atomic mass is 79.9. The minimum atomic E-state index is -3.78. The number of halogens is 1. The molecule has 0 radical (unpaired) electrons. The van der Waals surface area contributed by atoms with Crippen LogP contribution in [0.4, 0.5) is 0 Å². The molecule has 0 aliphatic carbocycles. The summed E-state index contributed by atoms with van der Waals surface area (Å²) < 4.78 is 37.2. The highest BCUT2D eigenvalue weighted by molar-refractivity contribution is 9.10. The minimum Gasteiger partial charge on any atom is -0.496 e. The van der Waals surface area contributed by atoms with Crippen LogP contribution in [-0.4, -0.2) is 40.4 Å². The zero-order valence-corrected chi connectivity index (χ0v) is 13.2. The SMILES string of the molecule is COc1cc(S(=O)(=O)NCC(C)O)c(OC)cc1Br. The van der Waals surface area contributed by atoms with Crippen LogP contribution in [0.25, 0.3) is 0 Å². The zero-order valence-electron chi connectivity index (χ0n) is 10.8. The molecule has 6 nitrogen and oxygen atoms in total. The fourth-order valence-corrected chi connectivity index (χ4v) is 3.12. The van der Waals surface area contributed by atoms with Crippen LogP contribution in [-0.2, 0) is 10.0 Å². The van der Waals surface area contributed by atoms with Crippen molar-refractivity contribution in [1.82, 2.24) is 4.72 Å². The Bertz CT molecular complexity index is 544. The zero-order chi connectivity index (χ0) is 14.6. The Hall–Kier alpha value is -0.830. The summed E-state index contributed by atoms with van der Waals surface area (Å²) in [7, 11) is -0.970. The number of ether oxygens (including phenoxy) is 2. The first-order valence-electron chi connectivity index (χ1n) is 5.41. The van der Waals surface area contributed by atoms with Crippen LogP contribution in [0.15, 0.2) is 21.5 Å². The monoisotopic (exact) mass is 353 g/mol. The topological polar surface area (TPSA) is 84.9 Å². The second-order valence-corrected chi connectivity index (χ2v) is 6.43. The Morgan fingerprint density at radius 1 is 1.32 bits per heavy atom. The molecule has 0 heterocycles. The first-order valence-corrected chi connectivity index (χ1v) is 7.68. The van der Waals surface area contributed by atoms with Gasteiger partial charge in [-0.3, -0.25) is 0 Å². The van der Waals surface area contributed by atoms with E-state index in [1.807, 2.05) is 0 Å².